The molecular weight excluding hydrogens is 204 g/mol. The minimum absolute atomic E-state index is 0.244. The number of aliphatic hydroxyl groups is 1. The summed E-state index contributed by atoms with van der Waals surface area (Å²) in [5.74, 6) is 0.747. The number of anilines is 2. The summed E-state index contributed by atoms with van der Waals surface area (Å²) in [5.41, 5.74) is 7.38. The highest BCUT2D eigenvalue weighted by molar-refractivity contribution is 5.68. The van der Waals surface area contributed by atoms with Gasteiger partial charge in [0.15, 0.2) is 0 Å². The summed E-state index contributed by atoms with van der Waals surface area (Å²) in [7, 11) is 1.61. The van der Waals surface area contributed by atoms with E-state index in [1.807, 2.05) is 19.1 Å². The molecule has 1 aromatic carbocycles. The van der Waals surface area contributed by atoms with Crippen LogP contribution in [0.2, 0.25) is 0 Å². The van der Waals surface area contributed by atoms with E-state index in [1.54, 1.807) is 13.2 Å². The van der Waals surface area contributed by atoms with Gasteiger partial charge in [0.05, 0.1) is 24.6 Å². The van der Waals surface area contributed by atoms with Crippen LogP contribution in [0.1, 0.15) is 19.8 Å². The fourth-order valence-corrected chi connectivity index (χ4v) is 1.41. The van der Waals surface area contributed by atoms with Gasteiger partial charge in [-0.1, -0.05) is 6.92 Å². The van der Waals surface area contributed by atoms with Crippen LogP contribution < -0.4 is 15.8 Å². The highest BCUT2D eigenvalue weighted by Crippen LogP contribution is 2.23. The van der Waals surface area contributed by atoms with Crippen LogP contribution in [0.15, 0.2) is 18.2 Å². The Bertz CT molecular complexity index is 329. The molecule has 0 aliphatic heterocycles. The Labute approximate surface area is 96.4 Å². The number of aliphatic hydroxyl groups excluding tert-OH is 1. The van der Waals surface area contributed by atoms with Crippen LogP contribution in [-0.2, 0) is 0 Å². The van der Waals surface area contributed by atoms with Gasteiger partial charge in [0.25, 0.3) is 0 Å². The zero-order chi connectivity index (χ0) is 12.0. The monoisotopic (exact) mass is 224 g/mol. The van der Waals surface area contributed by atoms with Crippen molar-refractivity contribution < 1.29 is 9.84 Å². The van der Waals surface area contributed by atoms with Gasteiger partial charge in [-0.05, 0) is 25.0 Å². The number of hydrogen-bond acceptors (Lipinski definition) is 4. The van der Waals surface area contributed by atoms with Crippen LogP contribution in [0, 0.1) is 0 Å². The Balaban J connectivity index is 2.48. The fraction of sp³-hybridized carbons (Fsp3) is 0.500. The van der Waals surface area contributed by atoms with E-state index >= 15 is 0 Å². The molecule has 4 N–H and O–H groups in total. The lowest BCUT2D eigenvalue weighted by molar-refractivity contribution is 0.164. The van der Waals surface area contributed by atoms with Crippen molar-refractivity contribution in [1.29, 1.82) is 0 Å². The van der Waals surface area contributed by atoms with E-state index in [0.29, 0.717) is 12.2 Å². The van der Waals surface area contributed by atoms with Gasteiger partial charge in [0.2, 0.25) is 0 Å². The normalized spacial score (nSPS) is 12.2. The van der Waals surface area contributed by atoms with Crippen molar-refractivity contribution in [3.8, 4) is 5.75 Å². The summed E-state index contributed by atoms with van der Waals surface area (Å²) >= 11 is 0. The van der Waals surface area contributed by atoms with Gasteiger partial charge in [-0.3, -0.25) is 0 Å². The lowest BCUT2D eigenvalue weighted by atomic mass is 10.2. The minimum atomic E-state index is -0.244. The van der Waals surface area contributed by atoms with Crippen molar-refractivity contribution in [1.82, 2.24) is 0 Å². The molecule has 0 saturated heterocycles. The molecule has 90 valence electrons. The van der Waals surface area contributed by atoms with Crippen molar-refractivity contribution in [3.63, 3.8) is 0 Å². The van der Waals surface area contributed by atoms with E-state index in [4.69, 9.17) is 10.5 Å². The molecule has 1 aromatic rings. The van der Waals surface area contributed by atoms with E-state index in [2.05, 4.69) is 5.32 Å². The maximum Gasteiger partial charge on any atom is 0.121 e. The van der Waals surface area contributed by atoms with Crippen LogP contribution in [-0.4, -0.2) is 24.9 Å². The topological polar surface area (TPSA) is 67.5 Å². The lowest BCUT2D eigenvalue weighted by Crippen LogP contribution is -2.12. The first-order chi connectivity index (χ1) is 7.67. The van der Waals surface area contributed by atoms with E-state index in [0.717, 1.165) is 24.3 Å². The number of nitrogens with one attached hydrogen (secondary N) is 1. The molecule has 1 unspecified atom stereocenters. The Morgan fingerprint density at radius 1 is 1.50 bits per heavy atom. The van der Waals surface area contributed by atoms with Gasteiger partial charge in [-0.25, -0.2) is 0 Å². The Kier molecular flexibility index (Phi) is 4.92. The largest absolute Gasteiger partial charge is 0.497 e. The second-order valence-corrected chi connectivity index (χ2v) is 3.73. The van der Waals surface area contributed by atoms with Crippen LogP contribution >= 0.6 is 0 Å². The van der Waals surface area contributed by atoms with Gasteiger partial charge in [-0.15, -0.1) is 0 Å². The minimum Gasteiger partial charge on any atom is -0.497 e. The summed E-state index contributed by atoms with van der Waals surface area (Å²) in [5, 5.41) is 12.6. The van der Waals surface area contributed by atoms with Gasteiger partial charge >= 0.3 is 0 Å². The molecule has 0 aliphatic rings. The number of nitrogens with two attached hydrogens (primary N) is 1. The van der Waals surface area contributed by atoms with Gasteiger partial charge < -0.3 is 20.9 Å². The highest BCUT2D eigenvalue weighted by Gasteiger charge is 2.03. The average molecular weight is 224 g/mol. The molecule has 16 heavy (non-hydrogen) atoms. The lowest BCUT2D eigenvalue weighted by Gasteiger charge is -2.12. The first-order valence-electron chi connectivity index (χ1n) is 5.52. The summed E-state index contributed by atoms with van der Waals surface area (Å²) in [4.78, 5) is 0. The Morgan fingerprint density at radius 3 is 2.81 bits per heavy atom. The molecule has 0 spiro atoms. The van der Waals surface area contributed by atoms with Crippen LogP contribution in [0.3, 0.4) is 0 Å². The van der Waals surface area contributed by atoms with E-state index in [-0.39, 0.29) is 6.10 Å². The molecule has 0 saturated carbocycles. The maximum atomic E-state index is 9.40. The maximum absolute atomic E-state index is 9.40. The number of benzene rings is 1. The summed E-state index contributed by atoms with van der Waals surface area (Å²) < 4.78 is 5.06. The van der Waals surface area contributed by atoms with Crippen molar-refractivity contribution >= 4 is 11.4 Å². The van der Waals surface area contributed by atoms with Crippen molar-refractivity contribution in [2.75, 3.05) is 24.7 Å². The molecule has 0 aromatic heterocycles. The highest BCUT2D eigenvalue weighted by atomic mass is 16.5. The van der Waals surface area contributed by atoms with E-state index < -0.39 is 0 Å². The molecule has 0 fully saturated rings. The predicted octanol–water partition coefficient (Wildman–Crippen LogP) is 1.85. The zero-order valence-corrected chi connectivity index (χ0v) is 9.86. The number of rotatable bonds is 6. The summed E-state index contributed by atoms with van der Waals surface area (Å²) in [6.07, 6.45) is 1.26. The van der Waals surface area contributed by atoms with Crippen molar-refractivity contribution in [3.05, 3.63) is 18.2 Å². The quantitative estimate of drug-likeness (QED) is 0.645. The molecule has 0 radical (unpaired) electrons. The standard InChI is InChI=1S/C12H20N2O2/c1-3-9(15)6-7-14-12-5-4-10(16-2)8-11(12)13/h4-5,8-9,14-15H,3,6-7,13H2,1-2H3. The van der Waals surface area contributed by atoms with Gasteiger partial charge in [0, 0.05) is 12.6 Å². The number of hydrogen-bond donors (Lipinski definition) is 3. The third-order valence-electron chi connectivity index (χ3n) is 2.52. The van der Waals surface area contributed by atoms with Crippen LogP contribution in [0.25, 0.3) is 0 Å². The number of nitrogen functional groups attached to an aromatic ring is 1. The van der Waals surface area contributed by atoms with Crippen LogP contribution in [0.5, 0.6) is 5.75 Å². The third-order valence-corrected chi connectivity index (χ3v) is 2.52. The predicted molar refractivity (Wildman–Crippen MR) is 66.8 cm³/mol. The first-order valence-corrected chi connectivity index (χ1v) is 5.52. The molecule has 0 aliphatic carbocycles. The first kappa shape index (κ1) is 12.6. The molecule has 1 atom stereocenters. The Hall–Kier alpha value is -1.42. The second kappa shape index (κ2) is 6.23. The molecule has 4 heteroatoms. The molecule has 0 bridgehead atoms. The summed E-state index contributed by atoms with van der Waals surface area (Å²) in [6.45, 7) is 2.68. The molecule has 0 heterocycles. The van der Waals surface area contributed by atoms with Crippen molar-refractivity contribution in [2.45, 2.75) is 25.9 Å². The number of methoxy groups -OCH3 is 1. The SMILES string of the molecule is CCC(O)CCNc1ccc(OC)cc1N. The van der Waals surface area contributed by atoms with Crippen LogP contribution in [0.4, 0.5) is 11.4 Å². The molecule has 1 rings (SSSR count). The second-order valence-electron chi connectivity index (χ2n) is 3.73. The van der Waals surface area contributed by atoms with Gasteiger partial charge in [-0.2, -0.15) is 0 Å². The third kappa shape index (κ3) is 3.62. The zero-order valence-electron chi connectivity index (χ0n) is 9.86. The van der Waals surface area contributed by atoms with E-state index in [9.17, 15) is 5.11 Å². The van der Waals surface area contributed by atoms with Crippen molar-refractivity contribution in [2.24, 2.45) is 0 Å². The van der Waals surface area contributed by atoms with Gasteiger partial charge in [0.1, 0.15) is 5.75 Å². The molecular formula is C12H20N2O2. The number of ether oxygens (including phenoxy) is 1. The Morgan fingerprint density at radius 2 is 2.25 bits per heavy atom. The fourth-order valence-electron chi connectivity index (χ4n) is 1.41. The summed E-state index contributed by atoms with van der Waals surface area (Å²) in [6, 6.07) is 5.51. The molecule has 4 nitrogen and oxygen atoms in total. The smallest absolute Gasteiger partial charge is 0.121 e. The van der Waals surface area contributed by atoms with E-state index in [1.165, 1.54) is 0 Å². The average Bonchev–Trinajstić information content (AvgIpc) is 2.30. The molecule has 0 amide bonds.